The average molecular weight is 283 g/mol. The van der Waals surface area contributed by atoms with Crippen molar-refractivity contribution in [2.24, 2.45) is 0 Å². The van der Waals surface area contributed by atoms with Gasteiger partial charge in [0.15, 0.2) is 0 Å². The van der Waals surface area contributed by atoms with Crippen LogP contribution in [-0.4, -0.2) is 32.7 Å². The predicted octanol–water partition coefficient (Wildman–Crippen LogP) is 1.06. The predicted molar refractivity (Wildman–Crippen MR) is 60.6 cm³/mol. The van der Waals surface area contributed by atoms with Gasteiger partial charge in [-0.15, -0.1) is 0 Å². The van der Waals surface area contributed by atoms with Crippen molar-refractivity contribution in [3.8, 4) is 0 Å². The minimum Gasteiger partial charge on any atom is -0.368 e. The van der Waals surface area contributed by atoms with Crippen molar-refractivity contribution < 1.29 is 21.6 Å². The molecular weight excluding hydrogens is 271 g/mol. The maximum Gasteiger partial charge on any atom is 0.419 e. The lowest BCUT2D eigenvalue weighted by Gasteiger charge is -2.13. The fourth-order valence-corrected chi connectivity index (χ4v) is 1.67. The SMILES string of the molecule is CS(=O)(=O)NCCNc1ncccc1C(F)(F)F. The summed E-state index contributed by atoms with van der Waals surface area (Å²) in [6.07, 6.45) is -2.31. The number of rotatable bonds is 5. The molecule has 0 saturated carbocycles. The lowest BCUT2D eigenvalue weighted by molar-refractivity contribution is -0.137. The van der Waals surface area contributed by atoms with E-state index < -0.39 is 21.8 Å². The maximum atomic E-state index is 12.6. The van der Waals surface area contributed by atoms with Crippen molar-refractivity contribution in [1.29, 1.82) is 0 Å². The number of nitrogens with zero attached hydrogens (tertiary/aromatic N) is 1. The molecule has 0 unspecified atom stereocenters. The zero-order chi connectivity index (χ0) is 13.8. The van der Waals surface area contributed by atoms with Gasteiger partial charge in [0.05, 0.1) is 11.8 Å². The molecule has 1 aromatic heterocycles. The first-order valence-corrected chi connectivity index (χ1v) is 6.80. The van der Waals surface area contributed by atoms with Gasteiger partial charge in [-0.05, 0) is 12.1 Å². The summed E-state index contributed by atoms with van der Waals surface area (Å²) in [6.45, 7) is -0.0140. The number of pyridine rings is 1. The van der Waals surface area contributed by atoms with E-state index in [-0.39, 0.29) is 18.9 Å². The smallest absolute Gasteiger partial charge is 0.368 e. The number of nitrogens with one attached hydrogen (secondary N) is 2. The number of alkyl halides is 3. The molecule has 0 amide bonds. The fraction of sp³-hybridized carbons (Fsp3) is 0.444. The molecule has 0 aliphatic carbocycles. The minimum atomic E-state index is -4.50. The number of hydrogen-bond donors (Lipinski definition) is 2. The van der Waals surface area contributed by atoms with Gasteiger partial charge in [0.2, 0.25) is 10.0 Å². The van der Waals surface area contributed by atoms with E-state index in [4.69, 9.17) is 0 Å². The van der Waals surface area contributed by atoms with Gasteiger partial charge in [-0.25, -0.2) is 18.1 Å². The van der Waals surface area contributed by atoms with Gasteiger partial charge >= 0.3 is 6.18 Å². The molecule has 102 valence electrons. The van der Waals surface area contributed by atoms with E-state index >= 15 is 0 Å². The van der Waals surface area contributed by atoms with Crippen LogP contribution in [0, 0.1) is 0 Å². The van der Waals surface area contributed by atoms with Crippen LogP contribution in [0.1, 0.15) is 5.56 Å². The third-order valence-corrected chi connectivity index (χ3v) is 2.62. The summed E-state index contributed by atoms with van der Waals surface area (Å²) in [5, 5.41) is 2.43. The molecule has 0 aliphatic rings. The van der Waals surface area contributed by atoms with E-state index in [1.54, 1.807) is 0 Å². The van der Waals surface area contributed by atoms with Gasteiger partial charge in [0.1, 0.15) is 5.82 Å². The van der Waals surface area contributed by atoms with Gasteiger partial charge in [0.25, 0.3) is 0 Å². The molecular formula is C9H12F3N3O2S. The van der Waals surface area contributed by atoms with Crippen LogP contribution < -0.4 is 10.0 Å². The molecule has 1 aromatic rings. The normalized spacial score (nSPS) is 12.4. The first kappa shape index (κ1) is 14.7. The lowest BCUT2D eigenvalue weighted by atomic mass is 10.2. The Morgan fingerprint density at radius 2 is 2.00 bits per heavy atom. The number of halogens is 3. The van der Waals surface area contributed by atoms with E-state index in [1.807, 2.05) is 0 Å². The van der Waals surface area contributed by atoms with Crippen molar-refractivity contribution in [2.45, 2.75) is 6.18 Å². The quantitative estimate of drug-likeness (QED) is 0.793. The highest BCUT2D eigenvalue weighted by Crippen LogP contribution is 2.33. The summed E-state index contributed by atoms with van der Waals surface area (Å²) in [5.41, 5.74) is -0.885. The topological polar surface area (TPSA) is 71.1 Å². The van der Waals surface area contributed by atoms with Crippen LogP contribution >= 0.6 is 0 Å². The molecule has 0 atom stereocenters. The summed E-state index contributed by atoms with van der Waals surface area (Å²) in [7, 11) is -3.35. The van der Waals surface area contributed by atoms with Crippen molar-refractivity contribution in [3.05, 3.63) is 23.9 Å². The van der Waals surface area contributed by atoms with Crippen LogP contribution in [0.2, 0.25) is 0 Å². The van der Waals surface area contributed by atoms with Crippen molar-refractivity contribution >= 4 is 15.8 Å². The second-order valence-electron chi connectivity index (χ2n) is 3.49. The molecule has 1 rings (SSSR count). The van der Waals surface area contributed by atoms with Gasteiger partial charge in [-0.1, -0.05) is 0 Å². The molecule has 0 bridgehead atoms. The van der Waals surface area contributed by atoms with E-state index in [2.05, 4.69) is 15.0 Å². The van der Waals surface area contributed by atoms with Crippen LogP contribution in [0.15, 0.2) is 18.3 Å². The van der Waals surface area contributed by atoms with Crippen molar-refractivity contribution in [1.82, 2.24) is 9.71 Å². The summed E-state index contributed by atoms with van der Waals surface area (Å²) in [4.78, 5) is 3.57. The number of sulfonamides is 1. The average Bonchev–Trinajstić information content (AvgIpc) is 2.22. The Hall–Kier alpha value is -1.35. The van der Waals surface area contributed by atoms with Crippen molar-refractivity contribution in [2.75, 3.05) is 24.7 Å². The first-order chi connectivity index (χ1) is 8.20. The van der Waals surface area contributed by atoms with E-state index in [0.717, 1.165) is 12.3 Å². The van der Waals surface area contributed by atoms with E-state index in [9.17, 15) is 21.6 Å². The summed E-state index contributed by atoms with van der Waals surface area (Å²) >= 11 is 0. The monoisotopic (exact) mass is 283 g/mol. The van der Waals surface area contributed by atoms with Gasteiger partial charge in [-0.3, -0.25) is 0 Å². The Morgan fingerprint density at radius 1 is 1.33 bits per heavy atom. The van der Waals surface area contributed by atoms with Crippen LogP contribution in [0.4, 0.5) is 19.0 Å². The second kappa shape index (κ2) is 5.53. The van der Waals surface area contributed by atoms with Crippen LogP contribution in [0.5, 0.6) is 0 Å². The molecule has 5 nitrogen and oxygen atoms in total. The molecule has 0 spiro atoms. The van der Waals surface area contributed by atoms with Crippen LogP contribution in [0.3, 0.4) is 0 Å². The van der Waals surface area contributed by atoms with Gasteiger partial charge in [-0.2, -0.15) is 13.2 Å². The highest BCUT2D eigenvalue weighted by molar-refractivity contribution is 7.88. The molecule has 0 aliphatic heterocycles. The molecule has 2 N–H and O–H groups in total. The number of hydrogen-bond acceptors (Lipinski definition) is 4. The zero-order valence-corrected chi connectivity index (χ0v) is 10.3. The second-order valence-corrected chi connectivity index (χ2v) is 5.32. The fourth-order valence-electron chi connectivity index (χ4n) is 1.19. The zero-order valence-electron chi connectivity index (χ0n) is 9.45. The van der Waals surface area contributed by atoms with Crippen LogP contribution in [-0.2, 0) is 16.2 Å². The Balaban J connectivity index is 2.63. The van der Waals surface area contributed by atoms with Crippen molar-refractivity contribution in [3.63, 3.8) is 0 Å². The minimum absolute atomic E-state index is 0.00711. The van der Waals surface area contributed by atoms with E-state index in [1.165, 1.54) is 12.3 Å². The highest BCUT2D eigenvalue weighted by atomic mass is 32.2. The number of anilines is 1. The third kappa shape index (κ3) is 4.88. The molecule has 0 fully saturated rings. The first-order valence-electron chi connectivity index (χ1n) is 4.91. The standard InChI is InChI=1S/C9H12F3N3O2S/c1-18(16,17)15-6-5-14-8-7(9(10,11)12)3-2-4-13-8/h2-4,15H,5-6H2,1H3,(H,13,14). The summed E-state index contributed by atoms with van der Waals surface area (Å²) in [6, 6.07) is 2.09. The van der Waals surface area contributed by atoms with Gasteiger partial charge in [0, 0.05) is 19.3 Å². The number of aromatic nitrogens is 1. The highest BCUT2D eigenvalue weighted by Gasteiger charge is 2.33. The molecule has 0 saturated heterocycles. The Bertz CT molecular complexity index is 502. The third-order valence-electron chi connectivity index (χ3n) is 1.89. The van der Waals surface area contributed by atoms with Gasteiger partial charge < -0.3 is 5.32 Å². The molecule has 0 aromatic carbocycles. The molecule has 18 heavy (non-hydrogen) atoms. The molecule has 1 heterocycles. The van der Waals surface area contributed by atoms with E-state index in [0.29, 0.717) is 0 Å². The summed E-state index contributed by atoms with van der Waals surface area (Å²) in [5.74, 6) is -0.319. The summed E-state index contributed by atoms with van der Waals surface area (Å²) < 4.78 is 61.3. The molecule has 9 heteroatoms. The Labute approximate surface area is 102 Å². The Morgan fingerprint density at radius 3 is 2.56 bits per heavy atom. The lowest BCUT2D eigenvalue weighted by Crippen LogP contribution is -2.28. The largest absolute Gasteiger partial charge is 0.419 e. The maximum absolute atomic E-state index is 12.6. The van der Waals surface area contributed by atoms with Crippen LogP contribution in [0.25, 0.3) is 0 Å². The Kier molecular flexibility index (Phi) is 4.52. The molecule has 0 radical (unpaired) electrons.